The second-order valence-electron chi connectivity index (χ2n) is 7.46. The van der Waals surface area contributed by atoms with E-state index in [-0.39, 0.29) is 42.1 Å². The van der Waals surface area contributed by atoms with Gasteiger partial charge in [0.05, 0.1) is 6.61 Å². The molecule has 1 aromatic heterocycles. The number of ketones is 1. The quantitative estimate of drug-likeness (QED) is 0.209. The number of Topliss-reactive ketones (excluding diaryl/α,β-unsaturated/α-hetero) is 1. The maximum absolute atomic E-state index is 13.0. The molecule has 2 amide bonds. The average Bonchev–Trinajstić information content (AvgIpc) is 3.25. The largest absolute Gasteiger partial charge is 0.466 e. The molecule has 0 atom stereocenters. The van der Waals surface area contributed by atoms with E-state index >= 15 is 0 Å². The number of furan rings is 1. The number of rotatable bonds is 7. The minimum Gasteiger partial charge on any atom is -0.466 e. The van der Waals surface area contributed by atoms with Gasteiger partial charge in [0.25, 0.3) is 11.8 Å². The summed E-state index contributed by atoms with van der Waals surface area (Å²) in [6, 6.07) is 12.2. The summed E-state index contributed by atoms with van der Waals surface area (Å²) < 4.78 is 10.7. The van der Waals surface area contributed by atoms with E-state index in [1.165, 1.54) is 19.9 Å². The van der Waals surface area contributed by atoms with Crippen LogP contribution in [0.1, 0.15) is 43.3 Å². The topological polar surface area (TPSA) is 118 Å². The Bertz CT molecular complexity index is 1220. The summed E-state index contributed by atoms with van der Waals surface area (Å²) in [5, 5.41) is 9.47. The van der Waals surface area contributed by atoms with Gasteiger partial charge in [0.1, 0.15) is 23.2 Å². The fourth-order valence-electron chi connectivity index (χ4n) is 3.37. The molecule has 0 N–H and O–H groups in total. The number of esters is 1. The van der Waals surface area contributed by atoms with Crippen molar-refractivity contribution in [3.05, 3.63) is 64.4 Å². The van der Waals surface area contributed by atoms with Crippen LogP contribution >= 0.6 is 0 Å². The standard InChI is InChI=1S/C25H22N2O6/c1-15-21(24(30)27(25(31)22(15)14-26)11-4-12-32-17(3)29)13-20-9-10-23(33-20)19-7-5-18(6-8-19)16(2)28/h5-10,13H,4,11-12H2,1-3H3/b21-13-. The molecule has 3 rings (SSSR count). The second-order valence-corrected chi connectivity index (χ2v) is 7.46. The lowest BCUT2D eigenvalue weighted by Gasteiger charge is -2.27. The molecular formula is C25H22N2O6. The number of carbonyl (C=O) groups excluding carboxylic acids is 4. The van der Waals surface area contributed by atoms with Crippen molar-refractivity contribution >= 4 is 29.6 Å². The van der Waals surface area contributed by atoms with Crippen LogP contribution in [0, 0.1) is 11.3 Å². The number of carbonyl (C=O) groups is 4. The van der Waals surface area contributed by atoms with E-state index in [0.717, 1.165) is 10.5 Å². The third-order valence-corrected chi connectivity index (χ3v) is 5.15. The number of ether oxygens (including phenoxy) is 1. The van der Waals surface area contributed by atoms with Crippen molar-refractivity contribution in [1.29, 1.82) is 5.26 Å². The van der Waals surface area contributed by atoms with E-state index in [0.29, 0.717) is 17.1 Å². The zero-order chi connectivity index (χ0) is 24.1. The van der Waals surface area contributed by atoms with Crippen molar-refractivity contribution in [2.45, 2.75) is 27.2 Å². The molecule has 0 saturated carbocycles. The number of nitriles is 1. The van der Waals surface area contributed by atoms with Crippen LogP contribution in [-0.2, 0) is 19.1 Å². The summed E-state index contributed by atoms with van der Waals surface area (Å²) in [5.74, 6) is -0.810. The number of hydrogen-bond donors (Lipinski definition) is 0. The van der Waals surface area contributed by atoms with Crippen molar-refractivity contribution < 1.29 is 28.3 Å². The first-order valence-electron chi connectivity index (χ1n) is 10.3. The summed E-state index contributed by atoms with van der Waals surface area (Å²) in [6.45, 7) is 4.36. The Morgan fingerprint density at radius 3 is 2.39 bits per heavy atom. The van der Waals surface area contributed by atoms with Crippen molar-refractivity contribution in [2.75, 3.05) is 13.2 Å². The zero-order valence-electron chi connectivity index (χ0n) is 18.5. The summed E-state index contributed by atoms with van der Waals surface area (Å²) >= 11 is 0. The highest BCUT2D eigenvalue weighted by atomic mass is 16.5. The van der Waals surface area contributed by atoms with E-state index in [2.05, 4.69) is 0 Å². The van der Waals surface area contributed by atoms with Gasteiger partial charge in [-0.1, -0.05) is 24.3 Å². The lowest BCUT2D eigenvalue weighted by Crippen LogP contribution is -2.43. The van der Waals surface area contributed by atoms with Gasteiger partial charge >= 0.3 is 5.97 Å². The first kappa shape index (κ1) is 23.4. The van der Waals surface area contributed by atoms with Gasteiger partial charge in [0, 0.05) is 30.2 Å². The van der Waals surface area contributed by atoms with Gasteiger partial charge in [0.15, 0.2) is 5.78 Å². The summed E-state index contributed by atoms with van der Waals surface area (Å²) in [6.07, 6.45) is 1.75. The van der Waals surface area contributed by atoms with E-state index in [4.69, 9.17) is 9.15 Å². The molecule has 8 heteroatoms. The maximum atomic E-state index is 13.0. The molecule has 2 heterocycles. The van der Waals surface area contributed by atoms with E-state index in [1.807, 2.05) is 6.07 Å². The van der Waals surface area contributed by atoms with Crippen LogP contribution in [0.15, 0.2) is 57.5 Å². The first-order chi connectivity index (χ1) is 15.7. The predicted molar refractivity (Wildman–Crippen MR) is 118 cm³/mol. The number of amides is 2. The highest BCUT2D eigenvalue weighted by Crippen LogP contribution is 2.29. The van der Waals surface area contributed by atoms with Gasteiger partial charge in [-0.25, -0.2) is 0 Å². The molecule has 0 bridgehead atoms. The Morgan fingerprint density at radius 1 is 1.09 bits per heavy atom. The SMILES string of the molecule is CC(=O)OCCCN1C(=O)C(C#N)=C(C)/C(=C/c2ccc(-c3ccc(C(C)=O)cc3)o2)C1=O. The van der Waals surface area contributed by atoms with Crippen LogP contribution < -0.4 is 0 Å². The van der Waals surface area contributed by atoms with Gasteiger partial charge in [0.2, 0.25) is 0 Å². The predicted octanol–water partition coefficient (Wildman–Crippen LogP) is 3.69. The lowest BCUT2D eigenvalue weighted by atomic mass is 9.94. The Labute approximate surface area is 190 Å². The number of nitrogens with zero attached hydrogens (tertiary/aromatic N) is 2. The summed E-state index contributed by atoms with van der Waals surface area (Å²) in [4.78, 5) is 49.0. The summed E-state index contributed by atoms with van der Waals surface area (Å²) in [7, 11) is 0. The molecule has 0 saturated heterocycles. The van der Waals surface area contributed by atoms with E-state index < -0.39 is 17.8 Å². The summed E-state index contributed by atoms with van der Waals surface area (Å²) in [5.41, 5.74) is 1.66. The first-order valence-corrected chi connectivity index (χ1v) is 10.3. The lowest BCUT2D eigenvalue weighted by molar-refractivity contribution is -0.141. The fourth-order valence-corrected chi connectivity index (χ4v) is 3.37. The molecule has 1 aromatic carbocycles. The third kappa shape index (κ3) is 5.15. The molecule has 1 aliphatic heterocycles. The molecule has 8 nitrogen and oxygen atoms in total. The minimum atomic E-state index is -0.675. The van der Waals surface area contributed by atoms with Gasteiger partial charge in [-0.2, -0.15) is 5.26 Å². The number of hydrogen-bond acceptors (Lipinski definition) is 7. The van der Waals surface area contributed by atoms with Gasteiger partial charge in [-0.05, 0) is 44.1 Å². The molecule has 168 valence electrons. The average molecular weight is 446 g/mol. The third-order valence-electron chi connectivity index (χ3n) is 5.15. The molecule has 0 fully saturated rings. The fraction of sp³-hybridized carbons (Fsp3) is 0.240. The minimum absolute atomic E-state index is 0.00660. The highest BCUT2D eigenvalue weighted by molar-refractivity contribution is 6.19. The van der Waals surface area contributed by atoms with Crippen LogP contribution in [-0.4, -0.2) is 41.6 Å². The van der Waals surface area contributed by atoms with E-state index in [1.54, 1.807) is 43.3 Å². The van der Waals surface area contributed by atoms with Gasteiger partial charge in [-0.15, -0.1) is 0 Å². The van der Waals surface area contributed by atoms with Crippen molar-refractivity contribution in [3.8, 4) is 17.4 Å². The second kappa shape index (κ2) is 9.92. The van der Waals surface area contributed by atoms with Crippen LogP contribution in [0.5, 0.6) is 0 Å². The normalized spacial score (nSPS) is 15.1. The molecule has 0 unspecified atom stereocenters. The van der Waals surface area contributed by atoms with E-state index in [9.17, 15) is 24.4 Å². The molecule has 0 spiro atoms. The molecule has 0 aliphatic carbocycles. The Hall–Kier alpha value is -4.25. The molecule has 0 radical (unpaired) electrons. The van der Waals surface area contributed by atoms with Crippen LogP contribution in [0.2, 0.25) is 0 Å². The maximum Gasteiger partial charge on any atom is 0.302 e. The molecular weight excluding hydrogens is 424 g/mol. The number of imide groups is 1. The van der Waals surface area contributed by atoms with Crippen molar-refractivity contribution in [2.24, 2.45) is 0 Å². The van der Waals surface area contributed by atoms with Crippen LogP contribution in [0.4, 0.5) is 0 Å². The Morgan fingerprint density at radius 2 is 1.79 bits per heavy atom. The van der Waals surface area contributed by atoms with Crippen molar-refractivity contribution in [1.82, 2.24) is 4.90 Å². The monoisotopic (exact) mass is 446 g/mol. The highest BCUT2D eigenvalue weighted by Gasteiger charge is 2.35. The molecule has 2 aromatic rings. The number of benzene rings is 1. The van der Waals surface area contributed by atoms with Crippen LogP contribution in [0.25, 0.3) is 17.4 Å². The Balaban J connectivity index is 1.88. The van der Waals surface area contributed by atoms with Gasteiger partial charge < -0.3 is 9.15 Å². The van der Waals surface area contributed by atoms with Crippen LogP contribution in [0.3, 0.4) is 0 Å². The van der Waals surface area contributed by atoms with Crippen molar-refractivity contribution in [3.63, 3.8) is 0 Å². The Kier molecular flexibility index (Phi) is 7.04. The van der Waals surface area contributed by atoms with Gasteiger partial charge in [-0.3, -0.25) is 24.1 Å². The molecule has 1 aliphatic rings. The smallest absolute Gasteiger partial charge is 0.302 e. The zero-order valence-corrected chi connectivity index (χ0v) is 18.5. The molecule has 33 heavy (non-hydrogen) atoms.